The van der Waals surface area contributed by atoms with Gasteiger partial charge in [0.25, 0.3) is 0 Å². The molecule has 4 N–H and O–H groups in total. The van der Waals surface area contributed by atoms with Crippen LogP contribution >= 0.6 is 46.4 Å². The molecule has 382 valence electrons. The summed E-state index contributed by atoms with van der Waals surface area (Å²) in [5.41, 5.74) is 5.64. The minimum Gasteiger partial charge on any atom is -0.378 e. The number of hydrogen-bond donors (Lipinski definition) is 4. The van der Waals surface area contributed by atoms with E-state index >= 15 is 0 Å². The second kappa shape index (κ2) is 27.0. The van der Waals surface area contributed by atoms with Gasteiger partial charge in [-0.3, -0.25) is 9.59 Å². The summed E-state index contributed by atoms with van der Waals surface area (Å²) >= 11 is 25.7. The standard InChI is InChI=1S/C48H60Cl4N6O10S2/c1-57-29-41(39-25-35(49)27-45(51)43(39)31-57)33-5-3-7-37(23-33)69(61,62)55-13-17-67-21-19-65-15-11-53-47(59)9-10-48(60)54-12-16-66-20-22-68-18-14-56-70(63,64)38-8-4-6-34(24-38)42-30-58(2)32-44-40(42)26-36(50)28-46(44)52/h3-8,23-28,41-42,55-56H,9-22,29-32H2,1-2H3,(H,53,59)(H,54,60). The fraction of sp³-hybridized carbons (Fsp3) is 0.458. The lowest BCUT2D eigenvalue weighted by Gasteiger charge is -2.33. The Labute approximate surface area is 431 Å². The van der Waals surface area contributed by atoms with Gasteiger partial charge in [-0.25, -0.2) is 26.3 Å². The zero-order valence-corrected chi connectivity index (χ0v) is 43.8. The first-order valence-corrected chi connectivity index (χ1v) is 27.3. The van der Waals surface area contributed by atoms with Crippen LogP contribution in [0, 0.1) is 0 Å². The topological polar surface area (TPSA) is 194 Å². The van der Waals surface area contributed by atoms with E-state index < -0.39 is 20.0 Å². The third-order valence-corrected chi connectivity index (χ3v) is 15.7. The van der Waals surface area contributed by atoms with Crippen molar-refractivity contribution in [3.63, 3.8) is 0 Å². The van der Waals surface area contributed by atoms with E-state index in [1.54, 1.807) is 48.5 Å². The van der Waals surface area contributed by atoms with Crippen molar-refractivity contribution >= 4 is 78.3 Å². The third kappa shape index (κ3) is 16.5. The summed E-state index contributed by atoms with van der Waals surface area (Å²) in [6.07, 6.45) is 0.0118. The van der Waals surface area contributed by atoms with Gasteiger partial charge in [0.05, 0.1) is 62.6 Å². The summed E-state index contributed by atoms with van der Waals surface area (Å²) in [6.45, 7) is 5.03. The Morgan fingerprint density at radius 2 is 0.914 bits per heavy atom. The van der Waals surface area contributed by atoms with E-state index in [1.807, 2.05) is 38.4 Å². The Kier molecular flexibility index (Phi) is 21.6. The number of ether oxygens (including phenoxy) is 4. The Balaban J connectivity index is 0.743. The lowest BCUT2D eigenvalue weighted by Crippen LogP contribution is -2.32. The summed E-state index contributed by atoms with van der Waals surface area (Å²) in [5.74, 6) is -0.790. The second-order valence-electron chi connectivity index (χ2n) is 17.0. The van der Waals surface area contributed by atoms with Gasteiger partial charge in [-0.05, 0) is 96.0 Å². The van der Waals surface area contributed by atoms with E-state index in [-0.39, 0.29) is 125 Å². The molecule has 6 rings (SSSR count). The first kappa shape index (κ1) is 55.9. The Hall–Kier alpha value is -3.44. The summed E-state index contributed by atoms with van der Waals surface area (Å²) in [7, 11) is -3.62. The number of carbonyl (C=O) groups is 2. The van der Waals surface area contributed by atoms with Crippen LogP contribution in [-0.4, -0.2) is 145 Å². The number of rotatable bonds is 27. The van der Waals surface area contributed by atoms with Crippen molar-refractivity contribution in [2.75, 3.05) is 106 Å². The van der Waals surface area contributed by atoms with E-state index in [2.05, 4.69) is 29.9 Å². The zero-order chi connectivity index (χ0) is 50.3. The first-order chi connectivity index (χ1) is 33.5. The molecule has 2 heterocycles. The highest BCUT2D eigenvalue weighted by Crippen LogP contribution is 2.40. The Morgan fingerprint density at radius 3 is 1.30 bits per heavy atom. The minimum absolute atomic E-state index is 0.00590. The lowest BCUT2D eigenvalue weighted by molar-refractivity contribution is -0.126. The number of nitrogens with one attached hydrogen (secondary N) is 4. The number of hydrogen-bond acceptors (Lipinski definition) is 12. The molecule has 0 saturated heterocycles. The summed E-state index contributed by atoms with van der Waals surface area (Å²) < 4.78 is 79.7. The maximum atomic E-state index is 13.1. The number of carbonyl (C=O) groups excluding carboxylic acids is 2. The second-order valence-corrected chi connectivity index (χ2v) is 22.2. The van der Waals surface area contributed by atoms with Crippen LogP contribution in [0.3, 0.4) is 0 Å². The molecule has 0 spiro atoms. The quantitative estimate of drug-likeness (QED) is 0.0527. The van der Waals surface area contributed by atoms with Crippen LogP contribution in [0.4, 0.5) is 0 Å². The normalized spacial score (nSPS) is 16.4. The van der Waals surface area contributed by atoms with Crippen LogP contribution in [0.5, 0.6) is 0 Å². The molecule has 70 heavy (non-hydrogen) atoms. The van der Waals surface area contributed by atoms with Gasteiger partial charge in [-0.1, -0.05) is 70.7 Å². The van der Waals surface area contributed by atoms with Crippen molar-refractivity contribution < 1.29 is 45.4 Å². The number of halogens is 4. The Morgan fingerprint density at radius 1 is 0.543 bits per heavy atom. The van der Waals surface area contributed by atoms with Gasteiger partial charge in [0.2, 0.25) is 31.9 Å². The van der Waals surface area contributed by atoms with E-state index in [4.69, 9.17) is 65.4 Å². The molecule has 2 aliphatic rings. The van der Waals surface area contributed by atoms with Gasteiger partial charge in [-0.2, -0.15) is 0 Å². The number of nitrogens with zero attached hydrogens (tertiary/aromatic N) is 2. The zero-order valence-electron chi connectivity index (χ0n) is 39.1. The predicted octanol–water partition coefficient (Wildman–Crippen LogP) is 5.79. The largest absolute Gasteiger partial charge is 0.378 e. The van der Waals surface area contributed by atoms with Crippen LogP contribution in [0.15, 0.2) is 82.6 Å². The van der Waals surface area contributed by atoms with Crippen molar-refractivity contribution in [2.45, 2.75) is 47.6 Å². The molecule has 2 aliphatic heterocycles. The molecule has 2 unspecified atom stereocenters. The number of benzene rings is 4. The van der Waals surface area contributed by atoms with Gasteiger partial charge in [0.1, 0.15) is 0 Å². The molecule has 22 heteroatoms. The molecule has 2 atom stereocenters. The van der Waals surface area contributed by atoms with Gasteiger partial charge < -0.3 is 39.4 Å². The van der Waals surface area contributed by atoms with Crippen LogP contribution in [0.2, 0.25) is 20.1 Å². The predicted molar refractivity (Wildman–Crippen MR) is 271 cm³/mol. The SMILES string of the molecule is CN1Cc2c(Cl)cc(Cl)cc2C(c2cccc(S(=O)(=O)NCCOCCOCCNC(=O)CCC(=O)NCCOCCOCCNS(=O)(=O)c3cccc(C4CN(C)Cc5c(Cl)cc(Cl)cc54)c3)c2)C1. The van der Waals surface area contributed by atoms with Gasteiger partial charge in [-0.15, -0.1) is 0 Å². The molecule has 0 bridgehead atoms. The average Bonchev–Trinajstić information content (AvgIpc) is 3.32. The molecule has 0 saturated carbocycles. The van der Waals surface area contributed by atoms with Crippen molar-refractivity contribution in [3.8, 4) is 0 Å². The average molecular weight is 1090 g/mol. The number of sulfonamides is 2. The third-order valence-electron chi connectivity index (χ3n) is 11.7. The Bertz CT molecular complexity index is 2470. The minimum atomic E-state index is -3.80. The molecule has 0 fully saturated rings. The van der Waals surface area contributed by atoms with Crippen molar-refractivity contribution in [1.29, 1.82) is 0 Å². The fourth-order valence-corrected chi connectivity index (χ4v) is 11.6. The molecular formula is C48H60Cl4N6O10S2. The summed E-state index contributed by atoms with van der Waals surface area (Å²) in [6, 6.07) is 21.0. The van der Waals surface area contributed by atoms with Crippen LogP contribution in [0.1, 0.15) is 58.1 Å². The lowest BCUT2D eigenvalue weighted by atomic mass is 9.85. The monoisotopic (exact) mass is 1080 g/mol. The van der Waals surface area contributed by atoms with Gasteiger partial charge in [0.15, 0.2) is 0 Å². The van der Waals surface area contributed by atoms with E-state index in [1.165, 1.54) is 0 Å². The highest BCUT2D eigenvalue weighted by molar-refractivity contribution is 7.89. The van der Waals surface area contributed by atoms with Crippen LogP contribution in [-0.2, 0) is 61.7 Å². The molecular weight excluding hydrogens is 1030 g/mol. The highest BCUT2D eigenvalue weighted by atomic mass is 35.5. The number of amides is 2. The van der Waals surface area contributed by atoms with Gasteiger partial charge in [0, 0.05) is 97.1 Å². The smallest absolute Gasteiger partial charge is 0.240 e. The number of likely N-dealkylation sites (N-methyl/N-ethyl adjacent to an activating group) is 2. The molecule has 4 aromatic carbocycles. The highest BCUT2D eigenvalue weighted by Gasteiger charge is 2.30. The van der Waals surface area contributed by atoms with Crippen LogP contribution < -0.4 is 20.1 Å². The van der Waals surface area contributed by atoms with Gasteiger partial charge >= 0.3 is 0 Å². The van der Waals surface area contributed by atoms with Crippen molar-refractivity contribution in [1.82, 2.24) is 29.9 Å². The summed E-state index contributed by atoms with van der Waals surface area (Å²) in [4.78, 5) is 29.0. The first-order valence-electron chi connectivity index (χ1n) is 22.9. The molecule has 2 amide bonds. The number of fused-ring (bicyclic) bond motifs is 2. The van der Waals surface area contributed by atoms with Crippen molar-refractivity contribution in [2.24, 2.45) is 0 Å². The van der Waals surface area contributed by atoms with E-state index in [0.29, 0.717) is 46.3 Å². The maximum absolute atomic E-state index is 13.1. The maximum Gasteiger partial charge on any atom is 0.240 e. The van der Waals surface area contributed by atoms with E-state index in [9.17, 15) is 26.4 Å². The molecule has 0 radical (unpaired) electrons. The molecule has 0 aromatic heterocycles. The molecule has 4 aromatic rings. The van der Waals surface area contributed by atoms with E-state index in [0.717, 1.165) is 33.4 Å². The molecule has 16 nitrogen and oxygen atoms in total. The van der Waals surface area contributed by atoms with Crippen molar-refractivity contribution in [3.05, 3.63) is 126 Å². The fourth-order valence-electron chi connectivity index (χ4n) is 8.29. The molecule has 0 aliphatic carbocycles. The summed E-state index contributed by atoms with van der Waals surface area (Å²) in [5, 5.41) is 7.65. The van der Waals surface area contributed by atoms with Crippen LogP contribution in [0.25, 0.3) is 0 Å².